The molecule has 1 N–H and O–H groups in total. The summed E-state index contributed by atoms with van der Waals surface area (Å²) in [5.74, 6) is 1.42. The van der Waals surface area contributed by atoms with Gasteiger partial charge in [0.05, 0.1) is 12.2 Å². The fourth-order valence-corrected chi connectivity index (χ4v) is 3.91. The van der Waals surface area contributed by atoms with Crippen LogP contribution in [0.3, 0.4) is 0 Å². The number of thiazole rings is 1. The molecule has 2 heterocycles. The van der Waals surface area contributed by atoms with Crippen LogP contribution in [0.15, 0.2) is 0 Å². The first-order valence-corrected chi connectivity index (χ1v) is 8.27. The predicted octanol–water partition coefficient (Wildman–Crippen LogP) is 3.22. The third-order valence-electron chi connectivity index (χ3n) is 3.89. The van der Waals surface area contributed by atoms with E-state index in [0.717, 1.165) is 19.0 Å². The number of nitrogens with zero attached hydrogens (tertiary/aromatic N) is 2. The van der Waals surface area contributed by atoms with E-state index in [1.807, 2.05) is 18.4 Å². The smallest absolute Gasteiger partial charge is 0.107 e. The Morgan fingerprint density at radius 2 is 2.05 bits per heavy atom. The van der Waals surface area contributed by atoms with E-state index in [1.165, 1.54) is 41.5 Å². The molecule has 3 nitrogen and oxygen atoms in total. The van der Waals surface area contributed by atoms with E-state index in [9.17, 15) is 0 Å². The highest BCUT2D eigenvalue weighted by Crippen LogP contribution is 2.27. The summed E-state index contributed by atoms with van der Waals surface area (Å²) in [6, 6.07) is 0. The van der Waals surface area contributed by atoms with Crippen LogP contribution in [-0.2, 0) is 13.1 Å². The minimum absolute atomic E-state index is 0.523. The molecule has 0 atom stereocenters. The average molecular weight is 281 g/mol. The van der Waals surface area contributed by atoms with E-state index in [1.54, 1.807) is 0 Å². The number of likely N-dealkylation sites (tertiary alicyclic amines) is 1. The van der Waals surface area contributed by atoms with Gasteiger partial charge in [0.1, 0.15) is 5.01 Å². The van der Waals surface area contributed by atoms with Crippen molar-refractivity contribution in [2.45, 2.75) is 52.6 Å². The fraction of sp³-hybridized carbons (Fsp3) is 0.800. The zero-order valence-electron chi connectivity index (χ0n) is 12.7. The summed E-state index contributed by atoms with van der Waals surface area (Å²) in [4.78, 5) is 8.85. The minimum atomic E-state index is 0.523. The second kappa shape index (κ2) is 6.82. The number of rotatable bonds is 5. The maximum absolute atomic E-state index is 4.88. The van der Waals surface area contributed by atoms with Crippen molar-refractivity contribution in [3.8, 4) is 0 Å². The molecule has 0 aliphatic carbocycles. The van der Waals surface area contributed by atoms with Gasteiger partial charge in [0.2, 0.25) is 0 Å². The molecule has 1 aromatic heterocycles. The lowest BCUT2D eigenvalue weighted by molar-refractivity contribution is 0.185. The predicted molar refractivity (Wildman–Crippen MR) is 82.6 cm³/mol. The molecule has 0 unspecified atom stereocenters. The van der Waals surface area contributed by atoms with Gasteiger partial charge in [0.15, 0.2) is 0 Å². The summed E-state index contributed by atoms with van der Waals surface area (Å²) >= 11 is 1.89. The molecular weight excluding hydrogens is 254 g/mol. The summed E-state index contributed by atoms with van der Waals surface area (Å²) in [6.45, 7) is 11.3. The first-order valence-electron chi connectivity index (χ1n) is 7.45. The van der Waals surface area contributed by atoms with Crippen molar-refractivity contribution in [2.24, 2.45) is 5.92 Å². The monoisotopic (exact) mass is 281 g/mol. The van der Waals surface area contributed by atoms with E-state index < -0.39 is 0 Å². The van der Waals surface area contributed by atoms with Crippen molar-refractivity contribution < 1.29 is 0 Å². The third-order valence-corrected chi connectivity index (χ3v) is 4.95. The Hall–Kier alpha value is -0.450. The maximum atomic E-state index is 4.88. The van der Waals surface area contributed by atoms with Crippen LogP contribution in [0.25, 0.3) is 0 Å². The van der Waals surface area contributed by atoms with Gasteiger partial charge in [-0.05, 0) is 44.8 Å². The van der Waals surface area contributed by atoms with Crippen molar-refractivity contribution in [1.29, 1.82) is 0 Å². The van der Waals surface area contributed by atoms with Crippen molar-refractivity contribution in [1.82, 2.24) is 15.2 Å². The van der Waals surface area contributed by atoms with Crippen molar-refractivity contribution >= 4 is 11.3 Å². The Morgan fingerprint density at radius 1 is 1.37 bits per heavy atom. The molecular formula is C15H27N3S. The normalized spacial score (nSPS) is 18.4. The molecule has 0 saturated carbocycles. The Morgan fingerprint density at radius 3 is 2.63 bits per heavy atom. The number of hydrogen-bond acceptors (Lipinski definition) is 4. The van der Waals surface area contributed by atoms with Gasteiger partial charge in [-0.1, -0.05) is 20.8 Å². The number of nitrogens with one attached hydrogen (secondary N) is 1. The Labute approximate surface area is 121 Å². The molecule has 1 aliphatic rings. The van der Waals surface area contributed by atoms with E-state index in [4.69, 9.17) is 4.98 Å². The van der Waals surface area contributed by atoms with Crippen LogP contribution in [0.4, 0.5) is 0 Å². The highest BCUT2D eigenvalue weighted by atomic mass is 32.1. The first kappa shape index (κ1) is 14.9. The summed E-state index contributed by atoms with van der Waals surface area (Å²) in [6.07, 6.45) is 2.68. The highest BCUT2D eigenvalue weighted by Gasteiger charge is 2.19. The molecule has 1 saturated heterocycles. The molecule has 0 amide bonds. The lowest BCUT2D eigenvalue weighted by atomic mass is 9.99. The molecule has 1 aliphatic heterocycles. The molecule has 0 aromatic carbocycles. The summed E-state index contributed by atoms with van der Waals surface area (Å²) in [7, 11) is 2.01. The second-order valence-corrected chi connectivity index (χ2v) is 7.23. The van der Waals surface area contributed by atoms with E-state index in [-0.39, 0.29) is 0 Å². The topological polar surface area (TPSA) is 28.2 Å². The van der Waals surface area contributed by atoms with Crippen molar-refractivity contribution in [2.75, 3.05) is 20.1 Å². The lowest BCUT2D eigenvalue weighted by Gasteiger charge is -2.29. The number of piperidine rings is 1. The summed E-state index contributed by atoms with van der Waals surface area (Å²) in [5.41, 5.74) is 1.29. The number of hydrogen-bond donors (Lipinski definition) is 1. The molecule has 108 valence electrons. The lowest BCUT2D eigenvalue weighted by Crippen LogP contribution is -2.32. The van der Waals surface area contributed by atoms with Crippen molar-refractivity contribution in [3.05, 3.63) is 15.6 Å². The SMILES string of the molecule is CNCc1sc(CN2CCC(C)CC2)nc1C(C)C. The minimum Gasteiger partial charge on any atom is -0.315 e. The van der Waals surface area contributed by atoms with Crippen LogP contribution in [0.2, 0.25) is 0 Å². The van der Waals surface area contributed by atoms with Gasteiger partial charge in [-0.25, -0.2) is 4.98 Å². The van der Waals surface area contributed by atoms with Gasteiger partial charge < -0.3 is 5.32 Å². The van der Waals surface area contributed by atoms with Crippen LogP contribution >= 0.6 is 11.3 Å². The second-order valence-electron chi connectivity index (χ2n) is 6.06. The standard InChI is InChI=1S/C15H27N3S/c1-11(2)15-13(9-16-4)19-14(17-15)10-18-7-5-12(3)6-8-18/h11-12,16H,5-10H2,1-4H3. The number of aromatic nitrogens is 1. The third kappa shape index (κ3) is 4.01. The molecule has 19 heavy (non-hydrogen) atoms. The Kier molecular flexibility index (Phi) is 5.37. The summed E-state index contributed by atoms with van der Waals surface area (Å²) in [5, 5.41) is 4.55. The molecule has 4 heteroatoms. The Balaban J connectivity index is 2.02. The van der Waals surface area contributed by atoms with Crippen LogP contribution < -0.4 is 5.32 Å². The van der Waals surface area contributed by atoms with Gasteiger partial charge in [0.25, 0.3) is 0 Å². The molecule has 1 fully saturated rings. The molecule has 2 rings (SSSR count). The van der Waals surface area contributed by atoms with Gasteiger partial charge in [-0.2, -0.15) is 0 Å². The van der Waals surface area contributed by atoms with E-state index >= 15 is 0 Å². The Bertz CT molecular complexity index is 392. The zero-order valence-corrected chi connectivity index (χ0v) is 13.5. The van der Waals surface area contributed by atoms with Crippen LogP contribution in [0, 0.1) is 5.92 Å². The molecule has 1 aromatic rings. The van der Waals surface area contributed by atoms with Crippen LogP contribution in [0.1, 0.15) is 55.1 Å². The fourth-order valence-electron chi connectivity index (χ4n) is 2.63. The van der Waals surface area contributed by atoms with Gasteiger partial charge in [-0.15, -0.1) is 11.3 Å². The van der Waals surface area contributed by atoms with Gasteiger partial charge in [0, 0.05) is 11.4 Å². The molecule has 0 radical (unpaired) electrons. The quantitative estimate of drug-likeness (QED) is 0.898. The van der Waals surface area contributed by atoms with E-state index in [2.05, 4.69) is 31.0 Å². The zero-order chi connectivity index (χ0) is 13.8. The van der Waals surface area contributed by atoms with Crippen molar-refractivity contribution in [3.63, 3.8) is 0 Å². The molecule has 0 bridgehead atoms. The summed E-state index contributed by atoms with van der Waals surface area (Å²) < 4.78 is 0. The largest absolute Gasteiger partial charge is 0.315 e. The maximum Gasteiger partial charge on any atom is 0.107 e. The first-order chi connectivity index (χ1) is 9.10. The van der Waals surface area contributed by atoms with Crippen LogP contribution in [-0.4, -0.2) is 30.0 Å². The van der Waals surface area contributed by atoms with Gasteiger partial charge >= 0.3 is 0 Å². The van der Waals surface area contributed by atoms with Gasteiger partial charge in [-0.3, -0.25) is 4.90 Å². The van der Waals surface area contributed by atoms with E-state index in [0.29, 0.717) is 5.92 Å². The average Bonchev–Trinajstić information content (AvgIpc) is 2.76. The molecule has 0 spiro atoms. The highest BCUT2D eigenvalue weighted by molar-refractivity contribution is 7.11. The van der Waals surface area contributed by atoms with Crippen LogP contribution in [0.5, 0.6) is 0 Å².